The summed E-state index contributed by atoms with van der Waals surface area (Å²) in [6.45, 7) is 3.27. The molecule has 1 saturated heterocycles. The molecule has 0 radical (unpaired) electrons. The van der Waals surface area contributed by atoms with Crippen LogP contribution in [0.4, 0.5) is 5.69 Å². The fraction of sp³-hybridized carbons (Fsp3) is 0.500. The zero-order valence-corrected chi connectivity index (χ0v) is 10.8. The summed E-state index contributed by atoms with van der Waals surface area (Å²) in [6, 6.07) is 6.65. The number of benzene rings is 1. The Labute approximate surface area is 102 Å². The van der Waals surface area contributed by atoms with Gasteiger partial charge in [0.1, 0.15) is 4.90 Å². The van der Waals surface area contributed by atoms with Crippen LogP contribution in [-0.4, -0.2) is 25.8 Å². The van der Waals surface area contributed by atoms with E-state index in [4.69, 9.17) is 5.73 Å². The van der Waals surface area contributed by atoms with Gasteiger partial charge in [-0.1, -0.05) is 19.1 Å². The zero-order valence-electron chi connectivity index (χ0n) is 9.96. The maximum Gasteiger partial charge on any atom is 0.245 e. The summed E-state index contributed by atoms with van der Waals surface area (Å²) in [5.41, 5.74) is 6.07. The SMILES string of the molecule is C[C@H]1CCCN(S(=O)(=O)c2ccccc2N)C1. The van der Waals surface area contributed by atoms with Crippen molar-refractivity contribution in [1.29, 1.82) is 0 Å². The van der Waals surface area contributed by atoms with Gasteiger partial charge >= 0.3 is 0 Å². The van der Waals surface area contributed by atoms with Crippen LogP contribution >= 0.6 is 0 Å². The average molecular weight is 254 g/mol. The molecule has 0 aliphatic carbocycles. The van der Waals surface area contributed by atoms with Crippen LogP contribution in [0, 0.1) is 5.92 Å². The summed E-state index contributed by atoms with van der Waals surface area (Å²) in [6.07, 6.45) is 2.02. The molecule has 4 nitrogen and oxygen atoms in total. The predicted molar refractivity (Wildman–Crippen MR) is 68.0 cm³/mol. The Morgan fingerprint density at radius 1 is 1.35 bits per heavy atom. The summed E-state index contributed by atoms with van der Waals surface area (Å²) in [5, 5.41) is 0. The first-order valence-electron chi connectivity index (χ1n) is 5.86. The largest absolute Gasteiger partial charge is 0.398 e. The van der Waals surface area contributed by atoms with Gasteiger partial charge in [0.05, 0.1) is 5.69 Å². The van der Waals surface area contributed by atoms with E-state index in [0.717, 1.165) is 12.8 Å². The Morgan fingerprint density at radius 2 is 2.06 bits per heavy atom. The summed E-state index contributed by atoms with van der Waals surface area (Å²) in [5.74, 6) is 0.420. The van der Waals surface area contributed by atoms with Crippen molar-refractivity contribution in [3.63, 3.8) is 0 Å². The molecule has 0 spiro atoms. The van der Waals surface area contributed by atoms with Gasteiger partial charge in [-0.2, -0.15) is 4.31 Å². The molecule has 0 bridgehead atoms. The molecule has 0 unspecified atom stereocenters. The third-order valence-electron chi connectivity index (χ3n) is 3.16. The first-order valence-corrected chi connectivity index (χ1v) is 7.30. The van der Waals surface area contributed by atoms with Gasteiger partial charge in [-0.3, -0.25) is 0 Å². The Hall–Kier alpha value is -1.07. The van der Waals surface area contributed by atoms with Gasteiger partial charge in [0.15, 0.2) is 0 Å². The van der Waals surface area contributed by atoms with Crippen molar-refractivity contribution in [1.82, 2.24) is 4.31 Å². The highest BCUT2D eigenvalue weighted by molar-refractivity contribution is 7.89. The zero-order chi connectivity index (χ0) is 12.5. The van der Waals surface area contributed by atoms with Crippen LogP contribution in [0.25, 0.3) is 0 Å². The summed E-state index contributed by atoms with van der Waals surface area (Å²) < 4.78 is 26.3. The maximum atomic E-state index is 12.4. The minimum Gasteiger partial charge on any atom is -0.398 e. The van der Waals surface area contributed by atoms with Gasteiger partial charge in [-0.25, -0.2) is 8.42 Å². The number of anilines is 1. The van der Waals surface area contributed by atoms with Crippen molar-refractivity contribution in [2.45, 2.75) is 24.7 Å². The number of piperidine rings is 1. The second-order valence-corrected chi connectivity index (χ2v) is 6.55. The Kier molecular flexibility index (Phi) is 3.40. The van der Waals surface area contributed by atoms with Gasteiger partial charge in [0.25, 0.3) is 0 Å². The lowest BCUT2D eigenvalue weighted by molar-refractivity contribution is 0.281. The molecule has 1 atom stereocenters. The van der Waals surface area contributed by atoms with E-state index < -0.39 is 10.0 Å². The molecular weight excluding hydrogens is 236 g/mol. The monoisotopic (exact) mass is 254 g/mol. The van der Waals surface area contributed by atoms with E-state index in [1.54, 1.807) is 28.6 Å². The van der Waals surface area contributed by atoms with E-state index >= 15 is 0 Å². The molecule has 1 aliphatic rings. The second kappa shape index (κ2) is 4.66. The third-order valence-corrected chi connectivity index (χ3v) is 5.10. The highest BCUT2D eigenvalue weighted by Crippen LogP contribution is 2.26. The number of sulfonamides is 1. The van der Waals surface area contributed by atoms with Crippen molar-refractivity contribution in [3.05, 3.63) is 24.3 Å². The van der Waals surface area contributed by atoms with Crippen molar-refractivity contribution in [2.24, 2.45) is 5.92 Å². The quantitative estimate of drug-likeness (QED) is 0.817. The van der Waals surface area contributed by atoms with E-state index in [9.17, 15) is 8.42 Å². The van der Waals surface area contributed by atoms with E-state index in [0.29, 0.717) is 24.7 Å². The van der Waals surface area contributed by atoms with Crippen LogP contribution in [0.15, 0.2) is 29.2 Å². The fourth-order valence-corrected chi connectivity index (χ4v) is 3.93. The molecule has 94 valence electrons. The number of para-hydroxylation sites is 1. The maximum absolute atomic E-state index is 12.4. The third kappa shape index (κ3) is 2.45. The molecule has 2 N–H and O–H groups in total. The van der Waals surface area contributed by atoms with Gasteiger partial charge < -0.3 is 5.73 Å². The predicted octanol–water partition coefficient (Wildman–Crippen LogP) is 1.69. The molecule has 2 rings (SSSR count). The molecule has 5 heteroatoms. The van der Waals surface area contributed by atoms with Crippen molar-refractivity contribution in [2.75, 3.05) is 18.8 Å². The molecule has 0 aromatic heterocycles. The summed E-state index contributed by atoms with van der Waals surface area (Å²) >= 11 is 0. The minimum atomic E-state index is -3.42. The Morgan fingerprint density at radius 3 is 2.71 bits per heavy atom. The highest BCUT2D eigenvalue weighted by atomic mass is 32.2. The van der Waals surface area contributed by atoms with Gasteiger partial charge in [0.2, 0.25) is 10.0 Å². The lowest BCUT2D eigenvalue weighted by Crippen LogP contribution is -2.39. The topological polar surface area (TPSA) is 63.4 Å². The van der Waals surface area contributed by atoms with Crippen LogP contribution in [0.1, 0.15) is 19.8 Å². The smallest absolute Gasteiger partial charge is 0.245 e. The van der Waals surface area contributed by atoms with E-state index in [-0.39, 0.29) is 4.90 Å². The number of nitrogens with two attached hydrogens (primary N) is 1. The van der Waals surface area contributed by atoms with Crippen molar-refractivity contribution < 1.29 is 8.42 Å². The molecule has 0 saturated carbocycles. The van der Waals surface area contributed by atoms with Crippen LogP contribution in [0.3, 0.4) is 0 Å². The summed E-state index contributed by atoms with van der Waals surface area (Å²) in [7, 11) is -3.42. The van der Waals surface area contributed by atoms with E-state index in [2.05, 4.69) is 6.92 Å². The number of rotatable bonds is 2. The lowest BCUT2D eigenvalue weighted by Gasteiger charge is -2.30. The van der Waals surface area contributed by atoms with Crippen molar-refractivity contribution in [3.8, 4) is 0 Å². The molecule has 1 fully saturated rings. The Bertz CT molecular complexity index is 499. The van der Waals surface area contributed by atoms with Crippen LogP contribution in [-0.2, 0) is 10.0 Å². The number of nitrogen functional groups attached to an aromatic ring is 1. The first kappa shape index (κ1) is 12.4. The first-order chi connectivity index (χ1) is 8.01. The molecule has 1 aliphatic heterocycles. The standard InChI is InChI=1S/C12H18N2O2S/c1-10-5-4-8-14(9-10)17(15,16)12-7-3-2-6-11(12)13/h2-3,6-7,10H,4-5,8-9,13H2,1H3/t10-/m0/s1. The van der Waals surface area contributed by atoms with Gasteiger partial charge in [-0.15, -0.1) is 0 Å². The molecule has 0 amide bonds. The molecule has 17 heavy (non-hydrogen) atoms. The van der Waals surface area contributed by atoms with Crippen LogP contribution in [0.2, 0.25) is 0 Å². The number of hydrogen-bond donors (Lipinski definition) is 1. The number of nitrogens with zero attached hydrogens (tertiary/aromatic N) is 1. The van der Waals surface area contributed by atoms with E-state index in [1.807, 2.05) is 0 Å². The average Bonchev–Trinajstić information content (AvgIpc) is 2.29. The fourth-order valence-electron chi connectivity index (χ4n) is 2.22. The lowest BCUT2D eigenvalue weighted by atomic mass is 10.0. The van der Waals surface area contributed by atoms with Crippen LogP contribution < -0.4 is 5.73 Å². The molecule has 1 heterocycles. The van der Waals surface area contributed by atoms with E-state index in [1.165, 1.54) is 0 Å². The number of hydrogen-bond acceptors (Lipinski definition) is 3. The van der Waals surface area contributed by atoms with Crippen LogP contribution in [0.5, 0.6) is 0 Å². The van der Waals surface area contributed by atoms with Gasteiger partial charge in [0, 0.05) is 13.1 Å². The molecule has 1 aromatic rings. The highest BCUT2D eigenvalue weighted by Gasteiger charge is 2.29. The second-order valence-electron chi connectivity index (χ2n) is 4.65. The molecular formula is C12H18N2O2S. The van der Waals surface area contributed by atoms with Crippen molar-refractivity contribution >= 4 is 15.7 Å². The normalized spacial score (nSPS) is 22.5. The Balaban J connectivity index is 2.33. The minimum absolute atomic E-state index is 0.231. The summed E-state index contributed by atoms with van der Waals surface area (Å²) in [4.78, 5) is 0.231. The molecule has 1 aromatic carbocycles. The van der Waals surface area contributed by atoms with Gasteiger partial charge in [-0.05, 0) is 30.9 Å².